The SMILES string of the molecule is COc1cc(-c2ccc(N=Nc3c(S(=O)(=O)O)cc4ccc(Nc5ccccc5)cc4c3[O-])c(OC)c2)ccc1N=Nc1cc(S(=O)(=O)O)c2ccccc2c1[O-].[Na+].[Na+]. The monoisotopic (exact) mass is 849 g/mol. The number of methoxy groups -OCH3 is 2. The van der Waals surface area contributed by atoms with Crippen LogP contribution in [0.3, 0.4) is 0 Å². The molecule has 0 aliphatic rings. The second-order valence-electron chi connectivity index (χ2n) is 12.4. The Morgan fingerprint density at radius 2 is 1.07 bits per heavy atom. The Bertz CT molecular complexity index is 3010. The Morgan fingerprint density at radius 3 is 1.64 bits per heavy atom. The second-order valence-corrected chi connectivity index (χ2v) is 15.2. The topological polar surface area (TPSA) is 235 Å². The Kier molecular flexibility index (Phi) is 14.2. The van der Waals surface area contributed by atoms with Crippen LogP contribution in [0.5, 0.6) is 23.0 Å². The molecule has 0 fully saturated rings. The first-order valence-corrected chi connectivity index (χ1v) is 19.6. The van der Waals surface area contributed by atoms with Gasteiger partial charge in [0.05, 0.1) is 25.6 Å². The molecule has 0 aliphatic heterocycles. The van der Waals surface area contributed by atoms with Gasteiger partial charge in [-0.25, -0.2) is 0 Å². The Labute approximate surface area is 382 Å². The van der Waals surface area contributed by atoms with Crippen LogP contribution in [0.2, 0.25) is 0 Å². The van der Waals surface area contributed by atoms with Crippen molar-refractivity contribution in [3.63, 3.8) is 0 Å². The van der Waals surface area contributed by atoms with Crippen LogP contribution in [0.25, 0.3) is 32.7 Å². The van der Waals surface area contributed by atoms with Gasteiger partial charge in [-0.2, -0.15) is 21.9 Å². The minimum Gasteiger partial charge on any atom is -0.871 e. The van der Waals surface area contributed by atoms with Crippen molar-refractivity contribution in [1.29, 1.82) is 0 Å². The number of fused-ring (bicyclic) bond motifs is 2. The van der Waals surface area contributed by atoms with E-state index in [4.69, 9.17) is 9.47 Å². The maximum absolute atomic E-state index is 13.7. The van der Waals surface area contributed by atoms with Gasteiger partial charge < -0.3 is 25.0 Å². The molecule has 0 bridgehead atoms. The molecule has 0 heterocycles. The molecule has 7 rings (SSSR count). The summed E-state index contributed by atoms with van der Waals surface area (Å²) in [5.41, 5.74) is 1.97. The zero-order valence-electron chi connectivity index (χ0n) is 31.8. The fourth-order valence-electron chi connectivity index (χ4n) is 6.07. The van der Waals surface area contributed by atoms with E-state index in [9.17, 15) is 36.2 Å². The van der Waals surface area contributed by atoms with Gasteiger partial charge in [0, 0.05) is 16.8 Å². The summed E-state index contributed by atoms with van der Waals surface area (Å²) >= 11 is 0. The van der Waals surface area contributed by atoms with E-state index in [-0.39, 0.29) is 109 Å². The first-order chi connectivity index (χ1) is 27.2. The number of benzene rings is 7. The number of nitrogens with zero attached hydrogens (tertiary/aromatic N) is 4. The molecule has 19 heteroatoms. The molecule has 59 heavy (non-hydrogen) atoms. The largest absolute Gasteiger partial charge is 1.00 e. The molecule has 0 aromatic heterocycles. The van der Waals surface area contributed by atoms with Gasteiger partial charge in [0.1, 0.15) is 32.7 Å². The maximum Gasteiger partial charge on any atom is 1.00 e. The molecule has 0 aliphatic carbocycles. The molecule has 0 radical (unpaired) electrons. The van der Waals surface area contributed by atoms with Gasteiger partial charge in [-0.05, 0) is 87.9 Å². The first kappa shape index (κ1) is 45.2. The van der Waals surface area contributed by atoms with Crippen molar-refractivity contribution in [2.45, 2.75) is 9.79 Å². The summed E-state index contributed by atoms with van der Waals surface area (Å²) in [5, 5.41) is 46.7. The van der Waals surface area contributed by atoms with Gasteiger partial charge in [0.2, 0.25) is 0 Å². The third-order valence-corrected chi connectivity index (χ3v) is 10.6. The molecule has 7 aromatic carbocycles. The number of hydrogen-bond donors (Lipinski definition) is 3. The molecular weight excluding hydrogens is 821 g/mol. The average Bonchev–Trinajstić information content (AvgIpc) is 3.20. The molecule has 0 saturated heterocycles. The third-order valence-electron chi connectivity index (χ3n) is 8.80. The molecule has 288 valence electrons. The van der Waals surface area contributed by atoms with Crippen molar-refractivity contribution in [2.24, 2.45) is 20.5 Å². The van der Waals surface area contributed by atoms with Crippen molar-refractivity contribution in [3.05, 3.63) is 121 Å². The van der Waals surface area contributed by atoms with Crippen LogP contribution in [0.4, 0.5) is 34.1 Å². The van der Waals surface area contributed by atoms with Gasteiger partial charge >= 0.3 is 59.1 Å². The Balaban J connectivity index is 0.00000331. The van der Waals surface area contributed by atoms with E-state index in [1.165, 1.54) is 38.5 Å². The minimum absolute atomic E-state index is 0. The molecule has 0 saturated carbocycles. The third kappa shape index (κ3) is 9.77. The second kappa shape index (κ2) is 18.6. The molecule has 0 atom stereocenters. The number of rotatable bonds is 11. The van der Waals surface area contributed by atoms with Gasteiger partial charge in [-0.1, -0.05) is 72.2 Å². The Morgan fingerprint density at radius 1 is 0.525 bits per heavy atom. The van der Waals surface area contributed by atoms with E-state index in [2.05, 4.69) is 25.8 Å². The van der Waals surface area contributed by atoms with Crippen LogP contribution in [0, 0.1) is 0 Å². The minimum atomic E-state index is -4.89. The number of ether oxygens (including phenoxy) is 2. The molecule has 0 spiro atoms. The number of nitrogens with one attached hydrogen (secondary N) is 1. The van der Waals surface area contributed by atoms with Crippen molar-refractivity contribution < 1.29 is 105 Å². The molecular formula is C40H29N5Na2O10S2. The van der Waals surface area contributed by atoms with Gasteiger partial charge in [-0.3, -0.25) is 9.11 Å². The van der Waals surface area contributed by atoms with Crippen LogP contribution in [-0.4, -0.2) is 40.2 Å². The Hall–Kier alpha value is -4.92. The fraction of sp³-hybridized carbons (Fsp3) is 0.0500. The van der Waals surface area contributed by atoms with Crippen molar-refractivity contribution in [1.82, 2.24) is 0 Å². The first-order valence-electron chi connectivity index (χ1n) is 16.7. The number of hydrogen-bond acceptors (Lipinski definition) is 13. The molecule has 7 aromatic rings. The summed E-state index contributed by atoms with van der Waals surface area (Å²) in [4.78, 5) is -1.19. The maximum atomic E-state index is 13.7. The van der Waals surface area contributed by atoms with E-state index in [1.807, 2.05) is 30.3 Å². The van der Waals surface area contributed by atoms with Gasteiger partial charge in [-0.15, -0.1) is 15.3 Å². The van der Waals surface area contributed by atoms with Crippen molar-refractivity contribution >= 4 is 75.9 Å². The summed E-state index contributed by atoms with van der Waals surface area (Å²) < 4.78 is 79.9. The predicted octanol–water partition coefficient (Wildman–Crippen LogP) is 2.90. The van der Waals surface area contributed by atoms with Gasteiger partial charge in [0.25, 0.3) is 20.2 Å². The zero-order valence-corrected chi connectivity index (χ0v) is 37.4. The standard InChI is InChI=1S/C40H31N5O10S2.2Na/c1-54-34-18-23(13-16-31(34)42-44-33-22-36(56(48,49)50)28-10-6-7-11-29(28)39(33)46)24-14-17-32(35(19-24)55-2)43-45-38-37(57(51,52)53)20-25-12-15-27(21-30(25)40(38)47)41-26-8-4-3-5-9-26;;/h3-22,41,46-47H,1-2H3,(H,48,49,50)(H,51,52,53);;/q;2*+1/p-2. The van der Waals surface area contributed by atoms with Crippen LogP contribution >= 0.6 is 0 Å². The molecule has 0 amide bonds. The average molecular weight is 850 g/mol. The number of para-hydroxylation sites is 1. The quantitative estimate of drug-likeness (QED) is 0.0973. The smallest absolute Gasteiger partial charge is 0.871 e. The molecule has 3 N–H and O–H groups in total. The fourth-order valence-corrected chi connectivity index (χ4v) is 7.44. The summed E-state index contributed by atoms with van der Waals surface area (Å²) in [5.74, 6) is -0.926. The van der Waals surface area contributed by atoms with E-state index in [0.717, 1.165) is 17.8 Å². The molecule has 15 nitrogen and oxygen atoms in total. The number of azo groups is 2. The zero-order chi connectivity index (χ0) is 40.5. The van der Waals surface area contributed by atoms with E-state index < -0.39 is 47.2 Å². The van der Waals surface area contributed by atoms with Crippen molar-refractivity contribution in [2.75, 3.05) is 19.5 Å². The molecule has 0 unspecified atom stereocenters. The number of anilines is 2. The predicted molar refractivity (Wildman–Crippen MR) is 209 cm³/mol. The van der Waals surface area contributed by atoms with E-state index >= 15 is 0 Å². The summed E-state index contributed by atoms with van der Waals surface area (Å²) in [6, 6.07) is 31.7. The van der Waals surface area contributed by atoms with Crippen LogP contribution in [-0.2, 0) is 20.2 Å². The van der Waals surface area contributed by atoms with Crippen LogP contribution < -0.4 is 84.1 Å². The summed E-state index contributed by atoms with van der Waals surface area (Å²) in [6.07, 6.45) is 0. The van der Waals surface area contributed by atoms with Crippen LogP contribution in [0.1, 0.15) is 0 Å². The summed E-state index contributed by atoms with van der Waals surface area (Å²) in [6.45, 7) is 0. The normalized spacial score (nSPS) is 11.7. The van der Waals surface area contributed by atoms with Crippen molar-refractivity contribution in [3.8, 4) is 34.1 Å². The summed E-state index contributed by atoms with van der Waals surface area (Å²) in [7, 11) is -6.81. The van der Waals surface area contributed by atoms with Crippen LogP contribution in [0.15, 0.2) is 152 Å². The van der Waals surface area contributed by atoms with E-state index in [0.29, 0.717) is 16.8 Å². The van der Waals surface area contributed by atoms with Gasteiger partial charge in [0.15, 0.2) is 0 Å². The van der Waals surface area contributed by atoms with E-state index in [1.54, 1.807) is 54.6 Å².